The number of carbonyl (C=O) groups is 1. The third-order valence-electron chi connectivity index (χ3n) is 6.83. The van der Waals surface area contributed by atoms with Crippen molar-refractivity contribution in [3.63, 3.8) is 0 Å². The Balaban J connectivity index is 1.31. The number of aryl methyl sites for hydroxylation is 2. The molecule has 3 aromatic rings. The number of likely N-dealkylation sites (tertiary alicyclic amines) is 1. The molecule has 8 heteroatoms. The Morgan fingerprint density at radius 2 is 1.81 bits per heavy atom. The molecular weight excluding hydrogens is 464 g/mol. The zero-order valence-electron chi connectivity index (χ0n) is 22.2. The van der Waals surface area contributed by atoms with E-state index in [4.69, 9.17) is 14.7 Å². The number of anilines is 3. The third kappa shape index (κ3) is 5.84. The fraction of sp³-hybridized carbons (Fsp3) is 0.448. The Morgan fingerprint density at radius 3 is 2.54 bits per heavy atom. The molecule has 0 aliphatic carbocycles. The summed E-state index contributed by atoms with van der Waals surface area (Å²) in [5, 5.41) is 3.52. The van der Waals surface area contributed by atoms with Gasteiger partial charge in [-0.1, -0.05) is 30.3 Å². The molecule has 0 bridgehead atoms. The van der Waals surface area contributed by atoms with Crippen LogP contribution < -0.4 is 10.2 Å². The zero-order chi connectivity index (χ0) is 26.0. The number of rotatable bonds is 4. The van der Waals surface area contributed by atoms with Gasteiger partial charge in [-0.15, -0.1) is 0 Å². The SMILES string of the molecule is Cc1cnc(NC2CCN(C(=O)OC(C)(C)C)CC2)nc1N1CCCc2cnc(-c3ccccc3)cc21. The van der Waals surface area contributed by atoms with Gasteiger partial charge in [-0.25, -0.2) is 9.78 Å². The quantitative estimate of drug-likeness (QED) is 0.489. The van der Waals surface area contributed by atoms with E-state index in [1.165, 1.54) is 11.3 Å². The molecule has 194 valence electrons. The van der Waals surface area contributed by atoms with E-state index >= 15 is 0 Å². The van der Waals surface area contributed by atoms with Crippen molar-refractivity contribution < 1.29 is 9.53 Å². The average Bonchev–Trinajstić information content (AvgIpc) is 2.89. The predicted molar refractivity (Wildman–Crippen MR) is 146 cm³/mol. The molecule has 1 fully saturated rings. The van der Waals surface area contributed by atoms with Gasteiger partial charge in [0.25, 0.3) is 0 Å². The van der Waals surface area contributed by atoms with Crippen LogP contribution in [0.4, 0.5) is 22.2 Å². The molecule has 5 rings (SSSR count). The number of nitrogens with zero attached hydrogens (tertiary/aromatic N) is 5. The van der Waals surface area contributed by atoms with Crippen molar-refractivity contribution in [3.8, 4) is 11.3 Å². The first-order valence-corrected chi connectivity index (χ1v) is 13.2. The monoisotopic (exact) mass is 500 g/mol. The Labute approximate surface area is 219 Å². The molecule has 0 spiro atoms. The lowest BCUT2D eigenvalue weighted by molar-refractivity contribution is 0.0210. The van der Waals surface area contributed by atoms with E-state index in [0.29, 0.717) is 19.0 Å². The molecule has 1 N–H and O–H groups in total. The van der Waals surface area contributed by atoms with Crippen LogP contribution in [0.25, 0.3) is 11.3 Å². The predicted octanol–water partition coefficient (Wildman–Crippen LogP) is 5.74. The topological polar surface area (TPSA) is 83.5 Å². The van der Waals surface area contributed by atoms with Crippen LogP contribution in [0.3, 0.4) is 0 Å². The summed E-state index contributed by atoms with van der Waals surface area (Å²) in [6.07, 6.45) is 7.38. The summed E-state index contributed by atoms with van der Waals surface area (Å²) in [6, 6.07) is 12.7. The summed E-state index contributed by atoms with van der Waals surface area (Å²) in [7, 11) is 0. The van der Waals surface area contributed by atoms with Crippen molar-refractivity contribution in [1.82, 2.24) is 19.9 Å². The highest BCUT2D eigenvalue weighted by atomic mass is 16.6. The number of pyridine rings is 1. The highest BCUT2D eigenvalue weighted by molar-refractivity contribution is 5.73. The van der Waals surface area contributed by atoms with Crippen molar-refractivity contribution in [3.05, 3.63) is 59.9 Å². The lowest BCUT2D eigenvalue weighted by atomic mass is 10.0. The molecule has 2 aliphatic rings. The lowest BCUT2D eigenvalue weighted by Crippen LogP contribution is -2.44. The summed E-state index contributed by atoms with van der Waals surface area (Å²) < 4.78 is 5.52. The zero-order valence-corrected chi connectivity index (χ0v) is 22.2. The van der Waals surface area contributed by atoms with Gasteiger partial charge in [-0.3, -0.25) is 4.98 Å². The molecule has 0 unspecified atom stereocenters. The number of nitrogens with one attached hydrogen (secondary N) is 1. The molecule has 1 saturated heterocycles. The third-order valence-corrected chi connectivity index (χ3v) is 6.83. The van der Waals surface area contributed by atoms with Crippen LogP contribution in [0, 0.1) is 6.92 Å². The second-order valence-electron chi connectivity index (χ2n) is 10.9. The standard InChI is InChI=1S/C29H36N6O2/c1-20-18-31-27(32-23-12-15-34(16-13-23)28(36)37-29(2,3)4)33-26(20)35-14-8-11-22-19-30-24(17-25(22)35)21-9-6-5-7-10-21/h5-7,9-10,17-19,23H,8,11-16H2,1-4H3,(H,31,32,33). The molecule has 4 heterocycles. The first-order valence-electron chi connectivity index (χ1n) is 13.2. The second kappa shape index (κ2) is 10.4. The van der Waals surface area contributed by atoms with Gasteiger partial charge < -0.3 is 19.9 Å². The number of amides is 1. The van der Waals surface area contributed by atoms with Crippen LogP contribution in [-0.2, 0) is 11.2 Å². The van der Waals surface area contributed by atoms with E-state index in [1.54, 1.807) is 4.90 Å². The van der Waals surface area contributed by atoms with Crippen LogP contribution in [0.1, 0.15) is 51.2 Å². The Morgan fingerprint density at radius 1 is 1.05 bits per heavy atom. The highest BCUT2D eigenvalue weighted by Crippen LogP contribution is 2.36. The van der Waals surface area contributed by atoms with E-state index in [9.17, 15) is 4.79 Å². The number of carbonyl (C=O) groups excluding carboxylic acids is 1. The molecule has 0 atom stereocenters. The fourth-order valence-electron chi connectivity index (χ4n) is 4.94. The summed E-state index contributed by atoms with van der Waals surface area (Å²) >= 11 is 0. The fourth-order valence-corrected chi connectivity index (χ4v) is 4.94. The molecular formula is C29H36N6O2. The summed E-state index contributed by atoms with van der Waals surface area (Å²) in [5.74, 6) is 1.55. The maximum atomic E-state index is 12.4. The van der Waals surface area contributed by atoms with Gasteiger partial charge in [0.05, 0.1) is 5.69 Å². The minimum Gasteiger partial charge on any atom is -0.444 e. The maximum absolute atomic E-state index is 12.4. The normalized spacial score (nSPS) is 16.3. The number of aromatic nitrogens is 3. The number of hydrogen-bond acceptors (Lipinski definition) is 7. The molecule has 1 amide bonds. The summed E-state index contributed by atoms with van der Waals surface area (Å²) in [6.45, 7) is 9.95. The number of benzene rings is 1. The van der Waals surface area contributed by atoms with E-state index in [0.717, 1.165) is 54.9 Å². The molecule has 2 aliphatic heterocycles. The van der Waals surface area contributed by atoms with Gasteiger partial charge >= 0.3 is 6.09 Å². The molecule has 37 heavy (non-hydrogen) atoms. The van der Waals surface area contributed by atoms with Gasteiger partial charge in [0.2, 0.25) is 5.95 Å². The smallest absolute Gasteiger partial charge is 0.410 e. The van der Waals surface area contributed by atoms with E-state index in [-0.39, 0.29) is 12.1 Å². The van der Waals surface area contributed by atoms with Crippen molar-refractivity contribution in [2.75, 3.05) is 29.9 Å². The van der Waals surface area contributed by atoms with Crippen LogP contribution >= 0.6 is 0 Å². The average molecular weight is 501 g/mol. The number of fused-ring (bicyclic) bond motifs is 1. The van der Waals surface area contributed by atoms with Crippen molar-refractivity contribution >= 4 is 23.5 Å². The van der Waals surface area contributed by atoms with Gasteiger partial charge in [0, 0.05) is 54.9 Å². The molecule has 2 aromatic heterocycles. The minimum absolute atomic E-state index is 0.205. The van der Waals surface area contributed by atoms with Gasteiger partial charge in [-0.05, 0) is 65.0 Å². The number of hydrogen-bond donors (Lipinski definition) is 1. The van der Waals surface area contributed by atoms with Gasteiger partial charge in [0.1, 0.15) is 11.4 Å². The van der Waals surface area contributed by atoms with Crippen molar-refractivity contribution in [2.45, 2.75) is 65.0 Å². The van der Waals surface area contributed by atoms with E-state index < -0.39 is 5.60 Å². The first kappa shape index (κ1) is 25.0. The molecule has 1 aromatic carbocycles. The van der Waals surface area contributed by atoms with Crippen molar-refractivity contribution in [2.24, 2.45) is 0 Å². The highest BCUT2D eigenvalue weighted by Gasteiger charge is 2.28. The lowest BCUT2D eigenvalue weighted by Gasteiger charge is -2.34. The Bertz CT molecular complexity index is 1250. The molecule has 0 radical (unpaired) electrons. The first-order chi connectivity index (χ1) is 17.8. The second-order valence-corrected chi connectivity index (χ2v) is 10.9. The van der Waals surface area contributed by atoms with E-state index in [2.05, 4.69) is 40.3 Å². The van der Waals surface area contributed by atoms with Gasteiger partial charge in [0.15, 0.2) is 0 Å². The van der Waals surface area contributed by atoms with Crippen LogP contribution in [0.2, 0.25) is 0 Å². The van der Waals surface area contributed by atoms with E-state index in [1.807, 2.05) is 51.4 Å². The molecule has 0 saturated carbocycles. The van der Waals surface area contributed by atoms with Crippen LogP contribution in [0.5, 0.6) is 0 Å². The Kier molecular flexibility index (Phi) is 7.00. The van der Waals surface area contributed by atoms with Crippen LogP contribution in [-0.4, -0.2) is 57.2 Å². The maximum Gasteiger partial charge on any atom is 0.410 e. The van der Waals surface area contributed by atoms with Crippen molar-refractivity contribution in [1.29, 1.82) is 0 Å². The summed E-state index contributed by atoms with van der Waals surface area (Å²) in [5.41, 5.74) is 5.04. The summed E-state index contributed by atoms with van der Waals surface area (Å²) in [4.78, 5) is 30.8. The Hall–Kier alpha value is -3.68. The molecule has 8 nitrogen and oxygen atoms in total. The van der Waals surface area contributed by atoms with Crippen LogP contribution in [0.15, 0.2) is 48.8 Å². The number of piperidine rings is 1. The van der Waals surface area contributed by atoms with Gasteiger partial charge in [-0.2, -0.15) is 4.98 Å². The largest absolute Gasteiger partial charge is 0.444 e. The minimum atomic E-state index is -0.483. The number of ether oxygens (including phenoxy) is 1.